The van der Waals surface area contributed by atoms with Crippen molar-refractivity contribution in [2.24, 2.45) is 0 Å². The highest BCUT2D eigenvalue weighted by molar-refractivity contribution is 5.74. The Hall–Kier alpha value is -1.49. The number of urea groups is 1. The maximum Gasteiger partial charge on any atom is 0.317 e. The monoisotopic (exact) mass is 293 g/mol. The molecule has 118 valence electrons. The summed E-state index contributed by atoms with van der Waals surface area (Å²) in [6, 6.07) is 1.90. The molecule has 1 fully saturated rings. The summed E-state index contributed by atoms with van der Waals surface area (Å²) in [5.74, 6) is 0. The summed E-state index contributed by atoms with van der Waals surface area (Å²) in [5.41, 5.74) is 1.15. The lowest BCUT2D eigenvalue weighted by Gasteiger charge is -2.37. The SMILES string of the molecule is CCN(Cc1ccoc1)C(=O)NCC1(N(C)C)CCCC1. The summed E-state index contributed by atoms with van der Waals surface area (Å²) < 4.78 is 5.06. The van der Waals surface area contributed by atoms with Gasteiger partial charge < -0.3 is 19.5 Å². The summed E-state index contributed by atoms with van der Waals surface area (Å²) in [7, 11) is 4.22. The van der Waals surface area contributed by atoms with Gasteiger partial charge in [-0.3, -0.25) is 0 Å². The van der Waals surface area contributed by atoms with Crippen LogP contribution in [-0.4, -0.2) is 48.6 Å². The molecule has 0 aromatic carbocycles. The first kappa shape index (κ1) is 15.9. The Morgan fingerprint density at radius 3 is 2.62 bits per heavy atom. The molecule has 0 radical (unpaired) electrons. The molecular weight excluding hydrogens is 266 g/mol. The minimum absolute atomic E-state index is 0.00632. The van der Waals surface area contributed by atoms with Crippen LogP contribution in [0, 0.1) is 0 Å². The van der Waals surface area contributed by atoms with Crippen LogP contribution >= 0.6 is 0 Å². The molecule has 1 aromatic rings. The Morgan fingerprint density at radius 2 is 2.10 bits per heavy atom. The fourth-order valence-electron chi connectivity index (χ4n) is 3.10. The lowest BCUT2D eigenvalue weighted by molar-refractivity contribution is 0.146. The van der Waals surface area contributed by atoms with Crippen molar-refractivity contribution in [2.45, 2.75) is 44.7 Å². The first-order valence-electron chi connectivity index (χ1n) is 7.79. The molecule has 0 spiro atoms. The molecule has 0 unspecified atom stereocenters. The van der Waals surface area contributed by atoms with Gasteiger partial charge in [0.15, 0.2) is 0 Å². The fraction of sp³-hybridized carbons (Fsp3) is 0.688. The summed E-state index contributed by atoms with van der Waals surface area (Å²) >= 11 is 0. The van der Waals surface area contributed by atoms with Gasteiger partial charge in [0.05, 0.1) is 19.1 Å². The first-order valence-corrected chi connectivity index (χ1v) is 7.79. The molecular formula is C16H27N3O2. The fourth-order valence-corrected chi connectivity index (χ4v) is 3.10. The van der Waals surface area contributed by atoms with Gasteiger partial charge in [-0.25, -0.2) is 4.79 Å². The van der Waals surface area contributed by atoms with E-state index in [1.165, 1.54) is 12.8 Å². The number of nitrogens with zero attached hydrogens (tertiary/aromatic N) is 2. The van der Waals surface area contributed by atoms with E-state index in [0.29, 0.717) is 13.1 Å². The summed E-state index contributed by atoms with van der Waals surface area (Å²) in [6.45, 7) is 4.00. The third kappa shape index (κ3) is 3.79. The number of likely N-dealkylation sites (N-methyl/N-ethyl adjacent to an activating group) is 1. The number of nitrogens with one attached hydrogen (secondary N) is 1. The number of furan rings is 1. The van der Waals surface area contributed by atoms with Gasteiger partial charge in [0.25, 0.3) is 0 Å². The van der Waals surface area contributed by atoms with Crippen LogP contribution in [0.3, 0.4) is 0 Å². The second-order valence-electron chi connectivity index (χ2n) is 6.13. The van der Waals surface area contributed by atoms with Crippen LogP contribution in [-0.2, 0) is 6.54 Å². The Morgan fingerprint density at radius 1 is 1.38 bits per heavy atom. The van der Waals surface area contributed by atoms with Crippen LogP contribution in [0.2, 0.25) is 0 Å². The number of carbonyl (C=O) groups excluding carboxylic acids is 1. The third-order valence-corrected chi connectivity index (χ3v) is 4.67. The van der Waals surface area contributed by atoms with E-state index >= 15 is 0 Å². The molecule has 0 bridgehead atoms. The van der Waals surface area contributed by atoms with E-state index in [9.17, 15) is 4.79 Å². The lowest BCUT2D eigenvalue weighted by atomic mass is 9.96. The van der Waals surface area contributed by atoms with Crippen LogP contribution in [0.4, 0.5) is 4.79 Å². The first-order chi connectivity index (χ1) is 10.1. The van der Waals surface area contributed by atoms with Gasteiger partial charge >= 0.3 is 6.03 Å². The van der Waals surface area contributed by atoms with Gasteiger partial charge in [-0.1, -0.05) is 12.8 Å². The largest absolute Gasteiger partial charge is 0.472 e. The summed E-state index contributed by atoms with van der Waals surface area (Å²) in [5, 5.41) is 3.12. The molecule has 1 saturated carbocycles. The number of hydrogen-bond donors (Lipinski definition) is 1. The van der Waals surface area contributed by atoms with Crippen LogP contribution < -0.4 is 5.32 Å². The van der Waals surface area contributed by atoms with Gasteiger partial charge in [0, 0.05) is 24.2 Å². The molecule has 1 heterocycles. The van der Waals surface area contributed by atoms with Gasteiger partial charge in [0.2, 0.25) is 0 Å². The van der Waals surface area contributed by atoms with E-state index in [2.05, 4.69) is 24.3 Å². The van der Waals surface area contributed by atoms with Crippen molar-refractivity contribution in [3.63, 3.8) is 0 Å². The van der Waals surface area contributed by atoms with Crippen molar-refractivity contribution >= 4 is 6.03 Å². The second-order valence-corrected chi connectivity index (χ2v) is 6.13. The van der Waals surface area contributed by atoms with E-state index < -0.39 is 0 Å². The average Bonchev–Trinajstić information content (AvgIpc) is 3.14. The number of amides is 2. The number of rotatable bonds is 6. The highest BCUT2D eigenvalue weighted by Crippen LogP contribution is 2.33. The number of hydrogen-bond acceptors (Lipinski definition) is 3. The highest BCUT2D eigenvalue weighted by atomic mass is 16.3. The van der Waals surface area contributed by atoms with E-state index in [0.717, 1.165) is 24.9 Å². The molecule has 1 aliphatic rings. The third-order valence-electron chi connectivity index (χ3n) is 4.67. The van der Waals surface area contributed by atoms with Crippen LogP contribution in [0.1, 0.15) is 38.2 Å². The Balaban J connectivity index is 1.90. The molecule has 1 N–H and O–H groups in total. The average molecular weight is 293 g/mol. The molecule has 0 atom stereocenters. The maximum atomic E-state index is 12.4. The van der Waals surface area contributed by atoms with Crippen molar-refractivity contribution in [3.05, 3.63) is 24.2 Å². The standard InChI is InChI=1S/C16H27N3O2/c1-4-19(11-14-7-10-21-12-14)15(20)17-13-16(18(2)3)8-5-6-9-16/h7,10,12H,4-6,8-9,11,13H2,1-3H3,(H,17,20). The molecule has 2 amide bonds. The van der Waals surface area contributed by atoms with Gasteiger partial charge in [-0.15, -0.1) is 0 Å². The second kappa shape index (κ2) is 6.98. The smallest absolute Gasteiger partial charge is 0.317 e. The van der Waals surface area contributed by atoms with Gasteiger partial charge in [0.1, 0.15) is 0 Å². The van der Waals surface area contributed by atoms with E-state index in [1.807, 2.05) is 17.9 Å². The number of carbonyl (C=O) groups is 1. The molecule has 21 heavy (non-hydrogen) atoms. The zero-order valence-electron chi connectivity index (χ0n) is 13.4. The van der Waals surface area contributed by atoms with E-state index in [-0.39, 0.29) is 11.6 Å². The van der Waals surface area contributed by atoms with Gasteiger partial charge in [-0.05, 0) is 39.9 Å². The van der Waals surface area contributed by atoms with Crippen molar-refractivity contribution in [2.75, 3.05) is 27.2 Å². The Labute approximate surface area is 127 Å². The van der Waals surface area contributed by atoms with Crippen LogP contribution in [0.15, 0.2) is 23.0 Å². The lowest BCUT2D eigenvalue weighted by Crippen LogP contribution is -2.53. The predicted octanol–water partition coefficient (Wildman–Crippen LogP) is 2.69. The molecule has 2 rings (SSSR count). The Kier molecular flexibility index (Phi) is 5.28. The minimum Gasteiger partial charge on any atom is -0.472 e. The summed E-state index contributed by atoms with van der Waals surface area (Å²) in [6.07, 6.45) is 8.15. The minimum atomic E-state index is 0.00632. The van der Waals surface area contributed by atoms with Crippen molar-refractivity contribution in [1.82, 2.24) is 15.1 Å². The Bertz CT molecular complexity index is 436. The van der Waals surface area contributed by atoms with Crippen LogP contribution in [0.5, 0.6) is 0 Å². The maximum absolute atomic E-state index is 12.4. The molecule has 0 saturated heterocycles. The van der Waals surface area contributed by atoms with Crippen LogP contribution in [0.25, 0.3) is 0 Å². The molecule has 5 heteroatoms. The molecule has 5 nitrogen and oxygen atoms in total. The topological polar surface area (TPSA) is 48.7 Å². The molecule has 0 aliphatic heterocycles. The summed E-state index contributed by atoms with van der Waals surface area (Å²) in [4.78, 5) is 16.5. The van der Waals surface area contributed by atoms with Gasteiger partial charge in [-0.2, -0.15) is 0 Å². The normalized spacial score (nSPS) is 17.1. The van der Waals surface area contributed by atoms with Crippen molar-refractivity contribution in [3.8, 4) is 0 Å². The highest BCUT2D eigenvalue weighted by Gasteiger charge is 2.36. The zero-order chi connectivity index (χ0) is 15.3. The van der Waals surface area contributed by atoms with Crippen molar-refractivity contribution in [1.29, 1.82) is 0 Å². The quantitative estimate of drug-likeness (QED) is 0.877. The van der Waals surface area contributed by atoms with E-state index in [1.54, 1.807) is 12.5 Å². The zero-order valence-corrected chi connectivity index (χ0v) is 13.4. The van der Waals surface area contributed by atoms with E-state index in [4.69, 9.17) is 4.42 Å². The predicted molar refractivity (Wildman–Crippen MR) is 83.1 cm³/mol. The molecule has 1 aromatic heterocycles. The molecule has 1 aliphatic carbocycles. The van der Waals surface area contributed by atoms with Crippen molar-refractivity contribution < 1.29 is 9.21 Å².